The van der Waals surface area contributed by atoms with Crippen LogP contribution in [0.1, 0.15) is 117 Å². The molecule has 0 saturated heterocycles. The van der Waals surface area contributed by atoms with Crippen molar-refractivity contribution in [1.29, 1.82) is 0 Å². The van der Waals surface area contributed by atoms with Crippen molar-refractivity contribution < 1.29 is 4.74 Å². The summed E-state index contributed by atoms with van der Waals surface area (Å²) in [6.07, 6.45) is 22.8. The maximum absolute atomic E-state index is 6.40. The van der Waals surface area contributed by atoms with Crippen molar-refractivity contribution in [2.24, 2.45) is 29.6 Å². The molecule has 0 heterocycles. The Balaban J connectivity index is 1.43. The van der Waals surface area contributed by atoms with Crippen molar-refractivity contribution in [3.05, 3.63) is 0 Å². The molecule has 3 fully saturated rings. The predicted molar refractivity (Wildman–Crippen MR) is 112 cm³/mol. The van der Waals surface area contributed by atoms with Crippen LogP contribution in [-0.4, -0.2) is 12.2 Å². The number of fused-ring (bicyclic) bond motifs is 3. The molecule has 0 aliphatic heterocycles. The third kappa shape index (κ3) is 5.49. The second-order valence-corrected chi connectivity index (χ2v) is 10.1. The summed E-state index contributed by atoms with van der Waals surface area (Å²) in [4.78, 5) is 0. The van der Waals surface area contributed by atoms with Gasteiger partial charge in [0.1, 0.15) is 0 Å². The summed E-state index contributed by atoms with van der Waals surface area (Å²) >= 11 is 0. The Bertz CT molecular complexity index is 392. The minimum Gasteiger partial charge on any atom is -0.375 e. The number of hydrogen-bond donors (Lipinski definition) is 0. The molecular weight excluding hydrogens is 316 g/mol. The van der Waals surface area contributed by atoms with Gasteiger partial charge in [0.2, 0.25) is 0 Å². The summed E-state index contributed by atoms with van der Waals surface area (Å²) in [6, 6.07) is 0. The van der Waals surface area contributed by atoms with E-state index in [0.717, 1.165) is 29.6 Å². The average Bonchev–Trinajstić information content (AvgIpc) is 2.65. The van der Waals surface area contributed by atoms with Crippen LogP contribution in [0.2, 0.25) is 0 Å². The summed E-state index contributed by atoms with van der Waals surface area (Å²) in [7, 11) is 0. The van der Waals surface area contributed by atoms with E-state index in [2.05, 4.69) is 20.8 Å². The lowest BCUT2D eigenvalue weighted by atomic mass is 9.56. The van der Waals surface area contributed by atoms with Gasteiger partial charge >= 0.3 is 0 Å². The molecule has 152 valence electrons. The predicted octanol–water partition coefficient (Wildman–Crippen LogP) is 7.77. The van der Waals surface area contributed by atoms with E-state index in [1.807, 2.05) is 0 Å². The number of unbranched alkanes of at least 4 members (excludes halogenated alkanes) is 3. The summed E-state index contributed by atoms with van der Waals surface area (Å²) in [6.45, 7) is 6.89. The second kappa shape index (κ2) is 10.5. The van der Waals surface area contributed by atoms with Crippen LogP contribution in [0.25, 0.3) is 0 Å². The summed E-state index contributed by atoms with van der Waals surface area (Å²) < 4.78 is 6.40. The SMILES string of the molecule is CCCCCCC1CCC2C(CCC3CC(OC(C)CCC)CCC32)C1. The van der Waals surface area contributed by atoms with Crippen molar-refractivity contribution in [3.63, 3.8) is 0 Å². The standard InChI is InChI=1S/C25H46O/c1-4-6-7-8-10-20-11-15-24-21(17-20)12-13-22-18-23(14-16-25(22)24)26-19(3)9-5-2/h19-25H,4-18H2,1-3H3. The molecule has 0 amide bonds. The smallest absolute Gasteiger partial charge is 0.0581 e. The Hall–Kier alpha value is -0.0400. The molecule has 26 heavy (non-hydrogen) atoms. The van der Waals surface area contributed by atoms with E-state index in [1.165, 1.54) is 77.0 Å². The van der Waals surface area contributed by atoms with E-state index in [9.17, 15) is 0 Å². The Labute approximate surface area is 164 Å². The lowest BCUT2D eigenvalue weighted by Crippen LogP contribution is -2.43. The highest BCUT2D eigenvalue weighted by molar-refractivity contribution is 4.94. The van der Waals surface area contributed by atoms with E-state index >= 15 is 0 Å². The lowest BCUT2D eigenvalue weighted by Gasteiger charge is -2.51. The van der Waals surface area contributed by atoms with Crippen LogP contribution in [0.15, 0.2) is 0 Å². The van der Waals surface area contributed by atoms with Crippen LogP contribution in [0.3, 0.4) is 0 Å². The van der Waals surface area contributed by atoms with Crippen molar-refractivity contribution >= 4 is 0 Å². The first-order valence-electron chi connectivity index (χ1n) is 12.4. The molecule has 0 bridgehead atoms. The topological polar surface area (TPSA) is 9.23 Å². The highest BCUT2D eigenvalue weighted by atomic mass is 16.5. The van der Waals surface area contributed by atoms with Crippen molar-refractivity contribution in [2.45, 2.75) is 129 Å². The molecule has 0 aromatic rings. The Morgan fingerprint density at radius 1 is 0.769 bits per heavy atom. The van der Waals surface area contributed by atoms with Crippen molar-refractivity contribution in [1.82, 2.24) is 0 Å². The maximum Gasteiger partial charge on any atom is 0.0581 e. The summed E-state index contributed by atoms with van der Waals surface area (Å²) in [5.74, 6) is 5.27. The average molecular weight is 363 g/mol. The van der Waals surface area contributed by atoms with Gasteiger partial charge in [0.15, 0.2) is 0 Å². The highest BCUT2D eigenvalue weighted by Gasteiger charge is 2.44. The Kier molecular flexibility index (Phi) is 8.35. The molecule has 0 N–H and O–H groups in total. The van der Waals surface area contributed by atoms with E-state index in [-0.39, 0.29) is 0 Å². The molecule has 3 rings (SSSR count). The van der Waals surface area contributed by atoms with E-state index in [1.54, 1.807) is 19.3 Å². The fourth-order valence-electron chi connectivity index (χ4n) is 6.90. The normalized spacial score (nSPS) is 38.4. The highest BCUT2D eigenvalue weighted by Crippen LogP contribution is 2.53. The first kappa shape index (κ1) is 20.7. The summed E-state index contributed by atoms with van der Waals surface area (Å²) in [5, 5.41) is 0. The van der Waals surface area contributed by atoms with Crippen LogP contribution in [0, 0.1) is 29.6 Å². The van der Waals surface area contributed by atoms with Gasteiger partial charge in [0.05, 0.1) is 12.2 Å². The molecule has 0 spiro atoms. The minimum absolute atomic E-state index is 0.473. The Morgan fingerprint density at radius 2 is 1.50 bits per heavy atom. The molecule has 3 saturated carbocycles. The third-order valence-corrected chi connectivity index (χ3v) is 8.19. The van der Waals surface area contributed by atoms with Crippen LogP contribution in [-0.2, 0) is 4.74 Å². The number of rotatable bonds is 9. The van der Waals surface area contributed by atoms with Crippen molar-refractivity contribution in [2.75, 3.05) is 0 Å². The van der Waals surface area contributed by atoms with Crippen LogP contribution in [0.4, 0.5) is 0 Å². The molecule has 7 atom stereocenters. The second-order valence-electron chi connectivity index (χ2n) is 10.1. The van der Waals surface area contributed by atoms with Crippen molar-refractivity contribution in [3.8, 4) is 0 Å². The van der Waals surface area contributed by atoms with Crippen LogP contribution >= 0.6 is 0 Å². The molecule has 7 unspecified atom stereocenters. The van der Waals surface area contributed by atoms with Gasteiger partial charge in [-0.3, -0.25) is 0 Å². The first-order chi connectivity index (χ1) is 12.7. The number of hydrogen-bond acceptors (Lipinski definition) is 1. The molecule has 3 aliphatic rings. The molecule has 1 nitrogen and oxygen atoms in total. The van der Waals surface area contributed by atoms with Gasteiger partial charge in [-0.25, -0.2) is 0 Å². The largest absolute Gasteiger partial charge is 0.375 e. The molecule has 0 aromatic carbocycles. The van der Waals surface area contributed by atoms with Gasteiger partial charge in [-0.1, -0.05) is 58.8 Å². The maximum atomic E-state index is 6.40. The van der Waals surface area contributed by atoms with Gasteiger partial charge in [-0.2, -0.15) is 0 Å². The third-order valence-electron chi connectivity index (χ3n) is 8.19. The quantitative estimate of drug-likeness (QED) is 0.380. The zero-order chi connectivity index (χ0) is 18.4. The zero-order valence-corrected chi connectivity index (χ0v) is 18.1. The van der Waals surface area contributed by atoms with Gasteiger partial charge in [0, 0.05) is 0 Å². The van der Waals surface area contributed by atoms with Gasteiger partial charge in [0.25, 0.3) is 0 Å². The monoisotopic (exact) mass is 362 g/mol. The lowest BCUT2D eigenvalue weighted by molar-refractivity contribution is -0.0771. The molecule has 3 aliphatic carbocycles. The van der Waals surface area contributed by atoms with E-state index < -0.39 is 0 Å². The fraction of sp³-hybridized carbons (Fsp3) is 1.00. The van der Waals surface area contributed by atoms with Gasteiger partial charge in [-0.05, 0) is 87.9 Å². The number of ether oxygens (including phenoxy) is 1. The molecule has 1 heteroatoms. The zero-order valence-electron chi connectivity index (χ0n) is 18.1. The molecule has 0 aromatic heterocycles. The van der Waals surface area contributed by atoms with E-state index in [0.29, 0.717) is 12.2 Å². The van der Waals surface area contributed by atoms with Crippen LogP contribution < -0.4 is 0 Å². The molecule has 0 radical (unpaired) electrons. The Morgan fingerprint density at radius 3 is 2.23 bits per heavy atom. The van der Waals surface area contributed by atoms with Crippen LogP contribution in [0.5, 0.6) is 0 Å². The summed E-state index contributed by atoms with van der Waals surface area (Å²) in [5.41, 5.74) is 0. The molecular formula is C25H46O. The van der Waals surface area contributed by atoms with Gasteiger partial charge < -0.3 is 4.74 Å². The van der Waals surface area contributed by atoms with E-state index in [4.69, 9.17) is 4.74 Å². The van der Waals surface area contributed by atoms with Gasteiger partial charge in [-0.15, -0.1) is 0 Å². The fourth-order valence-corrected chi connectivity index (χ4v) is 6.90. The first-order valence-corrected chi connectivity index (χ1v) is 12.4. The minimum atomic E-state index is 0.473.